The van der Waals surface area contributed by atoms with Crippen molar-refractivity contribution < 1.29 is 23.8 Å². The quantitative estimate of drug-likeness (QED) is 0.150. The molecule has 4 aromatic carbocycles. The molecule has 0 spiro atoms. The topological polar surface area (TPSA) is 61.8 Å². The van der Waals surface area contributed by atoms with E-state index in [1.807, 2.05) is 60.7 Å². The van der Waals surface area contributed by atoms with Gasteiger partial charge in [-0.05, 0) is 156 Å². The van der Waals surface area contributed by atoms with Crippen LogP contribution in [0.4, 0.5) is 0 Å². The van der Waals surface area contributed by atoms with Gasteiger partial charge in [0, 0.05) is 0 Å². The van der Waals surface area contributed by atoms with Gasteiger partial charge in [0.25, 0.3) is 0 Å². The summed E-state index contributed by atoms with van der Waals surface area (Å²) >= 11 is 0. The molecule has 6 atom stereocenters. The first-order valence-electron chi connectivity index (χ1n) is 22.6. The molecule has 0 aromatic heterocycles. The fraction of sp³-hybridized carbons (Fsp3) is 0.519. The molecule has 4 aromatic rings. The Morgan fingerprint density at radius 3 is 1.34 bits per heavy atom. The van der Waals surface area contributed by atoms with Crippen LogP contribution in [-0.4, -0.2) is 11.9 Å². The molecular formula is C54H66O5. The van der Waals surface area contributed by atoms with Crippen molar-refractivity contribution in [3.63, 3.8) is 0 Å². The number of hydrogen-bond acceptors (Lipinski definition) is 5. The average molecular weight is 795 g/mol. The maximum atomic E-state index is 14.1. The minimum absolute atomic E-state index is 0.0679. The standard InChI is InChI=1S/C54H66O5/c1-35(2)41-29-39-21-23-47-51(5,25-15-27-53(47,7)49(55)57-33-37-17-11-9-12-18-37)43(39)31-45(41)59-46-32-44-40(30-42(46)36(3)4)22-24-48-52(44,6)26-16-28-54(48,8)50(56)58-34-38-19-13-10-14-20-38/h9-14,17-20,29-32,35-36,47-48H,15-16,21-28,33-34H2,1-8H3. The van der Waals surface area contributed by atoms with Crippen molar-refractivity contribution in [3.05, 3.63) is 129 Å². The molecule has 0 amide bonds. The summed E-state index contributed by atoms with van der Waals surface area (Å²) in [7, 11) is 0. The van der Waals surface area contributed by atoms with Gasteiger partial charge in [-0.1, -0.05) is 127 Å². The third-order valence-corrected chi connectivity index (χ3v) is 15.8. The van der Waals surface area contributed by atoms with E-state index in [1.54, 1.807) is 0 Å². The molecule has 59 heavy (non-hydrogen) atoms. The Morgan fingerprint density at radius 2 is 0.966 bits per heavy atom. The van der Waals surface area contributed by atoms with Crippen LogP contribution >= 0.6 is 0 Å². The zero-order chi connectivity index (χ0) is 41.7. The summed E-state index contributed by atoms with van der Waals surface area (Å²) in [6.45, 7) is 18.8. The van der Waals surface area contributed by atoms with Crippen molar-refractivity contribution in [1.82, 2.24) is 0 Å². The van der Waals surface area contributed by atoms with E-state index in [0.29, 0.717) is 13.2 Å². The Balaban J connectivity index is 1.12. The lowest BCUT2D eigenvalue weighted by atomic mass is 9.49. The predicted molar refractivity (Wildman–Crippen MR) is 236 cm³/mol. The molecule has 5 heteroatoms. The molecule has 0 saturated heterocycles. The zero-order valence-corrected chi connectivity index (χ0v) is 36.9. The zero-order valence-electron chi connectivity index (χ0n) is 36.9. The van der Waals surface area contributed by atoms with Crippen LogP contribution in [0.25, 0.3) is 0 Å². The van der Waals surface area contributed by atoms with Crippen LogP contribution in [0.3, 0.4) is 0 Å². The number of carbonyl (C=O) groups is 2. The summed E-state index contributed by atoms with van der Waals surface area (Å²) in [4.78, 5) is 28.2. The van der Waals surface area contributed by atoms with Crippen molar-refractivity contribution in [3.8, 4) is 11.5 Å². The summed E-state index contributed by atoms with van der Waals surface area (Å²) in [6, 6.07) is 29.6. The van der Waals surface area contributed by atoms with Gasteiger partial charge >= 0.3 is 11.9 Å². The van der Waals surface area contributed by atoms with Crippen molar-refractivity contribution in [2.24, 2.45) is 22.7 Å². The number of carbonyl (C=O) groups excluding carboxylic acids is 2. The van der Waals surface area contributed by atoms with E-state index in [1.165, 1.54) is 33.4 Å². The van der Waals surface area contributed by atoms with Gasteiger partial charge in [0.2, 0.25) is 0 Å². The van der Waals surface area contributed by atoms with Crippen molar-refractivity contribution >= 4 is 11.9 Å². The maximum Gasteiger partial charge on any atom is 0.312 e. The lowest BCUT2D eigenvalue weighted by Crippen LogP contribution is -2.52. The van der Waals surface area contributed by atoms with Crippen LogP contribution in [0.5, 0.6) is 11.5 Å². The molecule has 2 fully saturated rings. The van der Waals surface area contributed by atoms with Gasteiger partial charge < -0.3 is 14.2 Å². The van der Waals surface area contributed by atoms with Gasteiger partial charge in [0.15, 0.2) is 0 Å². The van der Waals surface area contributed by atoms with Gasteiger partial charge in [-0.2, -0.15) is 0 Å². The highest BCUT2D eigenvalue weighted by Crippen LogP contribution is 2.61. The van der Waals surface area contributed by atoms with Crippen LogP contribution in [-0.2, 0) is 55.9 Å². The molecule has 0 heterocycles. The van der Waals surface area contributed by atoms with E-state index in [0.717, 1.165) is 86.8 Å². The van der Waals surface area contributed by atoms with E-state index < -0.39 is 10.8 Å². The number of hydrogen-bond donors (Lipinski definition) is 0. The van der Waals surface area contributed by atoms with Crippen LogP contribution in [0.15, 0.2) is 84.9 Å². The number of fused-ring (bicyclic) bond motifs is 6. The summed E-state index contributed by atoms with van der Waals surface area (Å²) in [5.74, 6) is 2.60. The normalized spacial score (nSPS) is 28.5. The molecule has 0 bridgehead atoms. The Labute approximate surface area is 353 Å². The molecular weight excluding hydrogens is 729 g/mol. The molecule has 2 saturated carbocycles. The van der Waals surface area contributed by atoms with Crippen LogP contribution in [0.1, 0.15) is 163 Å². The summed E-state index contributed by atoms with van der Waals surface area (Å²) < 4.78 is 19.5. The Bertz CT molecular complexity index is 2030. The fourth-order valence-corrected chi connectivity index (χ4v) is 12.5. The monoisotopic (exact) mass is 794 g/mol. The van der Waals surface area contributed by atoms with Gasteiger partial charge in [-0.25, -0.2) is 0 Å². The summed E-state index contributed by atoms with van der Waals surface area (Å²) in [5.41, 5.74) is 8.48. The number of esters is 2. The van der Waals surface area contributed by atoms with E-state index in [-0.39, 0.29) is 46.4 Å². The second-order valence-corrected chi connectivity index (χ2v) is 20.2. The molecule has 0 N–H and O–H groups in total. The minimum Gasteiger partial charge on any atom is -0.460 e. The molecule has 312 valence electrons. The third kappa shape index (κ3) is 7.33. The SMILES string of the molecule is CC(C)c1cc2c(cc1Oc1cc3c(cc1C(C)C)CCC1C(C)(C(=O)OCc4ccccc4)CCCC31C)C1(C)CCCC(C)(C(=O)OCc3ccccc3)C1CC2. The van der Waals surface area contributed by atoms with Crippen molar-refractivity contribution in [2.75, 3.05) is 0 Å². The van der Waals surface area contributed by atoms with Gasteiger partial charge in [-0.3, -0.25) is 9.59 Å². The summed E-state index contributed by atoms with van der Waals surface area (Å²) in [5, 5.41) is 0. The highest BCUT2D eigenvalue weighted by atomic mass is 16.5. The van der Waals surface area contributed by atoms with Gasteiger partial charge in [0.05, 0.1) is 10.8 Å². The van der Waals surface area contributed by atoms with Crippen molar-refractivity contribution in [1.29, 1.82) is 0 Å². The minimum atomic E-state index is -0.561. The highest BCUT2D eigenvalue weighted by Gasteiger charge is 2.57. The lowest BCUT2D eigenvalue weighted by Gasteiger charge is -2.54. The first-order chi connectivity index (χ1) is 28.2. The van der Waals surface area contributed by atoms with Crippen LogP contribution < -0.4 is 4.74 Å². The van der Waals surface area contributed by atoms with Crippen LogP contribution in [0.2, 0.25) is 0 Å². The van der Waals surface area contributed by atoms with E-state index in [2.05, 4.69) is 79.7 Å². The first-order valence-corrected chi connectivity index (χ1v) is 22.6. The third-order valence-electron chi connectivity index (χ3n) is 15.8. The number of benzene rings is 4. The number of ether oxygens (including phenoxy) is 3. The number of rotatable bonds is 10. The average Bonchev–Trinajstić information content (AvgIpc) is 3.22. The van der Waals surface area contributed by atoms with Crippen molar-refractivity contribution in [2.45, 2.75) is 155 Å². The second kappa shape index (κ2) is 15.9. The highest BCUT2D eigenvalue weighted by molar-refractivity contribution is 5.78. The largest absolute Gasteiger partial charge is 0.460 e. The first kappa shape index (κ1) is 41.4. The smallest absolute Gasteiger partial charge is 0.312 e. The van der Waals surface area contributed by atoms with Crippen LogP contribution in [0, 0.1) is 22.7 Å². The molecule has 6 unspecified atom stereocenters. The molecule has 4 aliphatic rings. The predicted octanol–water partition coefficient (Wildman–Crippen LogP) is 13.2. The number of aryl methyl sites for hydroxylation is 2. The van der Waals surface area contributed by atoms with E-state index in [9.17, 15) is 9.59 Å². The summed E-state index contributed by atoms with van der Waals surface area (Å²) in [6.07, 6.45) is 9.56. The van der Waals surface area contributed by atoms with E-state index in [4.69, 9.17) is 14.2 Å². The van der Waals surface area contributed by atoms with Gasteiger partial charge in [0.1, 0.15) is 24.7 Å². The fourth-order valence-electron chi connectivity index (χ4n) is 12.5. The molecule has 0 aliphatic heterocycles. The molecule has 5 nitrogen and oxygen atoms in total. The van der Waals surface area contributed by atoms with Gasteiger partial charge in [-0.15, -0.1) is 0 Å². The molecule has 8 rings (SSSR count). The Hall–Kier alpha value is -4.38. The van der Waals surface area contributed by atoms with E-state index >= 15 is 0 Å². The Kier molecular flexibility index (Phi) is 11.1. The lowest BCUT2D eigenvalue weighted by molar-refractivity contribution is -0.166. The Morgan fingerprint density at radius 1 is 0.576 bits per heavy atom. The second-order valence-electron chi connectivity index (χ2n) is 20.2. The maximum absolute atomic E-state index is 14.1. The molecule has 4 aliphatic carbocycles. The molecule has 0 radical (unpaired) electrons.